The molecule has 0 rings (SSSR count). The summed E-state index contributed by atoms with van der Waals surface area (Å²) in [6, 6.07) is -1.28. The summed E-state index contributed by atoms with van der Waals surface area (Å²) in [7, 11) is -4.89. The number of hydrogen-bond donors (Lipinski definition) is 4. The van der Waals surface area contributed by atoms with Crippen molar-refractivity contribution < 1.29 is 24.0 Å². The predicted octanol–water partition coefficient (Wildman–Crippen LogP) is 4.68. The van der Waals surface area contributed by atoms with Gasteiger partial charge in [0.15, 0.2) is 6.23 Å². The van der Waals surface area contributed by atoms with E-state index in [9.17, 15) is 9.67 Å². The second-order valence-corrected chi connectivity index (χ2v) is 8.20. The lowest BCUT2D eigenvalue weighted by Crippen LogP contribution is -2.43. The number of aliphatic hydroxyl groups excluding tert-OH is 1. The molecule has 164 valence electrons. The molecule has 1 unspecified atom stereocenters. The average molecular weight is 420 g/mol. The summed E-state index contributed by atoms with van der Waals surface area (Å²) in [5.41, 5.74) is 14.1. The lowest BCUT2D eigenvalue weighted by Gasteiger charge is -2.22. The molecule has 9 nitrogen and oxygen atoms in total. The van der Waals surface area contributed by atoms with E-state index in [1.54, 1.807) is 6.08 Å². The van der Waals surface area contributed by atoms with Gasteiger partial charge in [0.2, 0.25) is 0 Å². The lowest BCUT2D eigenvalue weighted by atomic mass is 10.0. The molecule has 0 saturated carbocycles. The second-order valence-electron chi connectivity index (χ2n) is 7.01. The number of azide groups is 1. The molecule has 0 amide bonds. The van der Waals surface area contributed by atoms with Crippen LogP contribution in [0.2, 0.25) is 0 Å². The molecule has 0 fully saturated rings. The smallest absolute Gasteiger partial charge is 0.387 e. The fourth-order valence-corrected chi connectivity index (χ4v) is 3.28. The maximum Gasteiger partial charge on any atom is 0.470 e. The number of phosphoric ester groups is 1. The Morgan fingerprint density at radius 2 is 1.57 bits per heavy atom. The van der Waals surface area contributed by atoms with Crippen LogP contribution in [0.3, 0.4) is 0 Å². The number of rotatable bonds is 18. The van der Waals surface area contributed by atoms with E-state index >= 15 is 0 Å². The van der Waals surface area contributed by atoms with Gasteiger partial charge in [-0.2, -0.15) is 0 Å². The SMILES string of the molecule is CCCCCCCCCCCCC/C=C/[C@@H](O)[C@@H](N)C(N=[N+]=[N-])OP(=O)(O)O. The maximum absolute atomic E-state index is 10.9. The molecule has 0 aromatic carbocycles. The Hall–Kier alpha value is -0.920. The van der Waals surface area contributed by atoms with Crippen molar-refractivity contribution in [1.29, 1.82) is 0 Å². The van der Waals surface area contributed by atoms with E-state index in [1.165, 1.54) is 63.9 Å². The van der Waals surface area contributed by atoms with Crippen LogP contribution in [0.15, 0.2) is 17.3 Å². The fourth-order valence-electron chi connectivity index (χ4n) is 2.82. The summed E-state index contributed by atoms with van der Waals surface area (Å²) >= 11 is 0. The Bertz CT molecular complexity index is 508. The normalized spacial score (nSPS) is 15.3. The first-order chi connectivity index (χ1) is 13.3. The van der Waals surface area contributed by atoms with E-state index in [4.69, 9.17) is 21.1 Å². The summed E-state index contributed by atoms with van der Waals surface area (Å²) in [5.74, 6) is 0. The number of nitrogens with zero attached hydrogens (tertiary/aromatic N) is 3. The lowest BCUT2D eigenvalue weighted by molar-refractivity contribution is 0.0727. The van der Waals surface area contributed by atoms with Crippen LogP contribution >= 0.6 is 7.82 Å². The molecule has 0 aliphatic carbocycles. The molecule has 0 heterocycles. The molecule has 0 aromatic rings. The monoisotopic (exact) mass is 420 g/mol. The number of phosphoric acid groups is 1. The summed E-state index contributed by atoms with van der Waals surface area (Å²) in [5, 5.41) is 13.1. The summed E-state index contributed by atoms with van der Waals surface area (Å²) in [4.78, 5) is 20.0. The van der Waals surface area contributed by atoms with Crippen LogP contribution in [0, 0.1) is 0 Å². The van der Waals surface area contributed by atoms with Gasteiger partial charge in [-0.1, -0.05) is 88.4 Å². The fraction of sp³-hybridized carbons (Fsp3) is 0.889. The summed E-state index contributed by atoms with van der Waals surface area (Å²) in [6.45, 7) is 2.23. The van der Waals surface area contributed by atoms with Crippen molar-refractivity contribution >= 4 is 7.82 Å². The molecule has 0 aliphatic heterocycles. The van der Waals surface area contributed by atoms with Crippen molar-refractivity contribution in [2.75, 3.05) is 0 Å². The Morgan fingerprint density at radius 1 is 1.07 bits per heavy atom. The van der Waals surface area contributed by atoms with Crippen LogP contribution in [0.5, 0.6) is 0 Å². The number of aliphatic hydroxyl groups is 1. The van der Waals surface area contributed by atoms with Crippen molar-refractivity contribution in [3.05, 3.63) is 22.6 Å². The van der Waals surface area contributed by atoms with E-state index in [1.807, 2.05) is 0 Å². The Kier molecular flexibility index (Phi) is 16.4. The maximum atomic E-state index is 10.9. The van der Waals surface area contributed by atoms with Gasteiger partial charge in [-0.05, 0) is 18.4 Å². The zero-order valence-electron chi connectivity index (χ0n) is 16.9. The van der Waals surface area contributed by atoms with Crippen LogP contribution in [0.4, 0.5) is 0 Å². The van der Waals surface area contributed by atoms with E-state index in [0.29, 0.717) is 0 Å². The molecular weight excluding hydrogens is 383 g/mol. The van der Waals surface area contributed by atoms with Gasteiger partial charge in [-0.15, -0.1) is 0 Å². The van der Waals surface area contributed by atoms with Gasteiger partial charge < -0.3 is 20.6 Å². The van der Waals surface area contributed by atoms with Crippen LogP contribution in [0.1, 0.15) is 84.0 Å². The van der Waals surface area contributed by atoms with Gasteiger partial charge in [-0.25, -0.2) is 4.57 Å². The van der Waals surface area contributed by atoms with Crippen LogP contribution in [-0.4, -0.2) is 33.3 Å². The highest BCUT2D eigenvalue weighted by Gasteiger charge is 2.29. The highest BCUT2D eigenvalue weighted by Crippen LogP contribution is 2.38. The molecule has 3 atom stereocenters. The van der Waals surface area contributed by atoms with Crippen LogP contribution < -0.4 is 5.73 Å². The number of unbranched alkanes of at least 4 members (excludes halogenated alkanes) is 11. The highest BCUT2D eigenvalue weighted by atomic mass is 31.2. The molecule has 0 saturated heterocycles. The largest absolute Gasteiger partial charge is 0.470 e. The molecule has 0 aromatic heterocycles. The quantitative estimate of drug-likeness (QED) is 0.0628. The Labute approximate surface area is 168 Å². The third-order valence-corrected chi connectivity index (χ3v) is 4.93. The zero-order valence-corrected chi connectivity index (χ0v) is 17.8. The zero-order chi connectivity index (χ0) is 21.3. The molecule has 0 bridgehead atoms. The minimum atomic E-state index is -4.89. The molecule has 0 aliphatic rings. The van der Waals surface area contributed by atoms with E-state index in [0.717, 1.165) is 19.3 Å². The van der Waals surface area contributed by atoms with Gasteiger partial charge >= 0.3 is 7.82 Å². The minimum Gasteiger partial charge on any atom is -0.387 e. The highest BCUT2D eigenvalue weighted by molar-refractivity contribution is 7.46. The topological polar surface area (TPSA) is 162 Å². The molecule has 5 N–H and O–H groups in total. The van der Waals surface area contributed by atoms with E-state index < -0.39 is 26.2 Å². The van der Waals surface area contributed by atoms with E-state index in [-0.39, 0.29) is 0 Å². The number of hydrogen-bond acceptors (Lipinski definition) is 5. The first kappa shape index (κ1) is 27.1. The van der Waals surface area contributed by atoms with Gasteiger partial charge in [0.05, 0.1) is 12.1 Å². The van der Waals surface area contributed by atoms with Crippen molar-refractivity contribution in [2.45, 2.75) is 102 Å². The van der Waals surface area contributed by atoms with Crippen LogP contribution in [-0.2, 0) is 9.09 Å². The summed E-state index contributed by atoms with van der Waals surface area (Å²) in [6.07, 6.45) is 14.9. The first-order valence-corrected chi connectivity index (χ1v) is 11.7. The van der Waals surface area contributed by atoms with Crippen molar-refractivity contribution in [2.24, 2.45) is 10.8 Å². The van der Waals surface area contributed by atoms with E-state index in [2.05, 4.69) is 21.5 Å². The second kappa shape index (κ2) is 17.0. The van der Waals surface area contributed by atoms with Gasteiger partial charge in [0.25, 0.3) is 0 Å². The van der Waals surface area contributed by atoms with Crippen LogP contribution in [0.25, 0.3) is 10.4 Å². The van der Waals surface area contributed by atoms with Gasteiger partial charge in [0.1, 0.15) is 0 Å². The molecule has 0 spiro atoms. The number of allylic oxidation sites excluding steroid dienone is 1. The third kappa shape index (κ3) is 16.1. The van der Waals surface area contributed by atoms with Gasteiger partial charge in [0, 0.05) is 4.91 Å². The molecule has 0 radical (unpaired) electrons. The standard InChI is InChI=1S/C18H37N4O5P/c1-2-3-4-5-6-7-8-9-10-11-12-13-14-15-16(23)17(19)18(21-22-20)27-28(24,25)26/h14-18,23H,2-13,19H2,1H3,(H2,24,25,26)/b15-14+/t16-,17-,18?/m1/s1. The van der Waals surface area contributed by atoms with Gasteiger partial charge in [-0.3, -0.25) is 4.52 Å². The Morgan fingerprint density at radius 3 is 2.04 bits per heavy atom. The van der Waals surface area contributed by atoms with Crippen molar-refractivity contribution in [1.82, 2.24) is 0 Å². The van der Waals surface area contributed by atoms with Crippen molar-refractivity contribution in [3.63, 3.8) is 0 Å². The number of nitrogens with two attached hydrogens (primary N) is 1. The minimum absolute atomic E-state index is 0.770. The molecular formula is C18H37N4O5P. The predicted molar refractivity (Wildman–Crippen MR) is 110 cm³/mol. The molecule has 28 heavy (non-hydrogen) atoms. The summed E-state index contributed by atoms with van der Waals surface area (Å²) < 4.78 is 15.2. The van der Waals surface area contributed by atoms with Crippen molar-refractivity contribution in [3.8, 4) is 0 Å². The molecule has 10 heteroatoms. The Balaban J connectivity index is 3.88. The first-order valence-electron chi connectivity index (χ1n) is 10.2. The average Bonchev–Trinajstić information content (AvgIpc) is 2.63. The third-order valence-electron chi connectivity index (χ3n) is 4.44.